The number of aliphatic hydroxyl groups excluding tert-OH is 1. The van der Waals surface area contributed by atoms with E-state index >= 15 is 0 Å². The fraction of sp³-hybridized carbons (Fsp3) is 1.00. The van der Waals surface area contributed by atoms with Gasteiger partial charge in [0.2, 0.25) is 0 Å². The van der Waals surface area contributed by atoms with E-state index < -0.39 is 12.4 Å². The van der Waals surface area contributed by atoms with Crippen LogP contribution in [-0.4, -0.2) is 31.2 Å². The second-order valence-corrected chi connectivity index (χ2v) is 3.26. The monoisotopic (exact) mass is 160 g/mol. The third-order valence-corrected chi connectivity index (χ3v) is 2.47. The Morgan fingerprint density at radius 3 is 2.64 bits per heavy atom. The molecule has 1 aliphatic rings. The Morgan fingerprint density at radius 1 is 1.45 bits per heavy atom. The zero-order valence-electron chi connectivity index (χ0n) is 7.28. The van der Waals surface area contributed by atoms with Crippen molar-refractivity contribution in [2.75, 3.05) is 13.7 Å². The predicted molar refractivity (Wildman–Crippen MR) is 41.1 cm³/mol. The summed E-state index contributed by atoms with van der Waals surface area (Å²) in [7, 11) is 1.55. The van der Waals surface area contributed by atoms with Gasteiger partial charge in [-0.3, -0.25) is 0 Å². The van der Waals surface area contributed by atoms with Crippen LogP contribution in [0.5, 0.6) is 0 Å². The van der Waals surface area contributed by atoms with E-state index in [4.69, 9.17) is 9.47 Å². The van der Waals surface area contributed by atoms with Crippen LogP contribution in [0.15, 0.2) is 0 Å². The number of hydrogen-bond acceptors (Lipinski definition) is 3. The van der Waals surface area contributed by atoms with Crippen molar-refractivity contribution in [1.29, 1.82) is 0 Å². The van der Waals surface area contributed by atoms with Gasteiger partial charge in [0.15, 0.2) is 6.29 Å². The normalized spacial score (nSPS) is 45.8. The number of aliphatic hydroxyl groups is 1. The van der Waals surface area contributed by atoms with Crippen molar-refractivity contribution < 1.29 is 14.6 Å². The summed E-state index contributed by atoms with van der Waals surface area (Å²) in [4.78, 5) is 0. The largest absolute Gasteiger partial charge is 0.388 e. The fourth-order valence-electron chi connectivity index (χ4n) is 1.29. The van der Waals surface area contributed by atoms with Gasteiger partial charge < -0.3 is 14.6 Å². The Bertz CT molecular complexity index is 125. The lowest BCUT2D eigenvalue weighted by molar-refractivity contribution is -0.231. The maximum Gasteiger partial charge on any atom is 0.183 e. The Morgan fingerprint density at radius 2 is 2.09 bits per heavy atom. The molecule has 0 aliphatic carbocycles. The average Bonchev–Trinajstić information content (AvgIpc) is 2.01. The molecule has 4 atom stereocenters. The van der Waals surface area contributed by atoms with Crippen molar-refractivity contribution in [2.24, 2.45) is 11.8 Å². The lowest BCUT2D eigenvalue weighted by atomic mass is 9.89. The molecule has 0 saturated carbocycles. The van der Waals surface area contributed by atoms with Gasteiger partial charge in [0.05, 0.1) is 6.61 Å². The molecule has 3 nitrogen and oxygen atoms in total. The van der Waals surface area contributed by atoms with E-state index in [1.165, 1.54) is 0 Å². The Balaban J connectivity index is 2.52. The second kappa shape index (κ2) is 3.52. The highest BCUT2D eigenvalue weighted by Crippen LogP contribution is 2.25. The van der Waals surface area contributed by atoms with E-state index in [0.717, 1.165) is 0 Å². The summed E-state index contributed by atoms with van der Waals surface area (Å²) in [5, 5.41) is 9.56. The molecule has 0 spiro atoms. The maximum atomic E-state index is 9.56. The van der Waals surface area contributed by atoms with E-state index in [1.54, 1.807) is 7.11 Å². The SMILES string of the molecule is CO[C@H]1OC[C@H](C)C(C)[C@H]1O. The summed E-state index contributed by atoms with van der Waals surface area (Å²) in [5.74, 6) is 0.671. The summed E-state index contributed by atoms with van der Waals surface area (Å²) in [6, 6.07) is 0. The molecule has 1 saturated heterocycles. The number of hydrogen-bond donors (Lipinski definition) is 1. The third-order valence-electron chi connectivity index (χ3n) is 2.47. The number of ether oxygens (including phenoxy) is 2. The summed E-state index contributed by atoms with van der Waals surface area (Å²) < 4.78 is 10.2. The van der Waals surface area contributed by atoms with Crippen molar-refractivity contribution in [3.05, 3.63) is 0 Å². The van der Waals surface area contributed by atoms with Gasteiger partial charge in [-0.05, 0) is 11.8 Å². The van der Waals surface area contributed by atoms with Crippen molar-refractivity contribution in [3.8, 4) is 0 Å². The smallest absolute Gasteiger partial charge is 0.183 e. The molecular formula is C8H16O3. The average molecular weight is 160 g/mol. The van der Waals surface area contributed by atoms with Gasteiger partial charge in [-0.25, -0.2) is 0 Å². The summed E-state index contributed by atoms with van der Waals surface area (Å²) in [6.07, 6.45) is -0.912. The zero-order chi connectivity index (χ0) is 8.43. The molecule has 66 valence electrons. The van der Waals surface area contributed by atoms with E-state index in [-0.39, 0.29) is 5.92 Å². The molecular weight excluding hydrogens is 144 g/mol. The van der Waals surface area contributed by atoms with Gasteiger partial charge in [0.1, 0.15) is 6.10 Å². The highest BCUT2D eigenvalue weighted by atomic mass is 16.7. The van der Waals surface area contributed by atoms with Crippen molar-refractivity contribution in [3.63, 3.8) is 0 Å². The van der Waals surface area contributed by atoms with E-state index in [0.29, 0.717) is 12.5 Å². The topological polar surface area (TPSA) is 38.7 Å². The zero-order valence-corrected chi connectivity index (χ0v) is 7.28. The van der Waals surface area contributed by atoms with Crippen LogP contribution < -0.4 is 0 Å². The van der Waals surface area contributed by atoms with E-state index in [2.05, 4.69) is 6.92 Å². The minimum absolute atomic E-state index is 0.258. The van der Waals surface area contributed by atoms with Gasteiger partial charge in [0, 0.05) is 7.11 Å². The molecule has 1 aliphatic heterocycles. The highest BCUT2D eigenvalue weighted by Gasteiger charge is 2.34. The highest BCUT2D eigenvalue weighted by molar-refractivity contribution is 4.77. The first-order valence-electron chi connectivity index (χ1n) is 3.99. The molecule has 1 unspecified atom stereocenters. The van der Waals surface area contributed by atoms with Gasteiger partial charge in [0.25, 0.3) is 0 Å². The molecule has 0 aromatic carbocycles. The molecule has 11 heavy (non-hydrogen) atoms. The fourth-order valence-corrected chi connectivity index (χ4v) is 1.29. The van der Waals surface area contributed by atoms with Crippen molar-refractivity contribution in [1.82, 2.24) is 0 Å². The van der Waals surface area contributed by atoms with Crippen molar-refractivity contribution >= 4 is 0 Å². The molecule has 0 aromatic rings. The van der Waals surface area contributed by atoms with Crippen LogP contribution in [0.4, 0.5) is 0 Å². The van der Waals surface area contributed by atoms with Crippen molar-refractivity contribution in [2.45, 2.75) is 26.2 Å². The van der Waals surface area contributed by atoms with Crippen LogP contribution in [0, 0.1) is 11.8 Å². The summed E-state index contributed by atoms with van der Waals surface area (Å²) in [6.45, 7) is 4.76. The van der Waals surface area contributed by atoms with E-state index in [1.807, 2.05) is 6.92 Å². The second-order valence-electron chi connectivity index (χ2n) is 3.26. The van der Waals surface area contributed by atoms with Gasteiger partial charge in [-0.2, -0.15) is 0 Å². The summed E-state index contributed by atoms with van der Waals surface area (Å²) >= 11 is 0. The molecule has 0 bridgehead atoms. The number of rotatable bonds is 1. The lowest BCUT2D eigenvalue weighted by Crippen LogP contribution is -2.45. The van der Waals surface area contributed by atoms with Crippen LogP contribution in [0.1, 0.15) is 13.8 Å². The molecule has 0 aromatic heterocycles. The molecule has 0 amide bonds. The Kier molecular flexibility index (Phi) is 2.87. The quantitative estimate of drug-likeness (QED) is 0.611. The first-order valence-corrected chi connectivity index (χ1v) is 3.99. The van der Waals surface area contributed by atoms with Gasteiger partial charge in [-0.1, -0.05) is 13.8 Å². The van der Waals surface area contributed by atoms with Crippen LogP contribution >= 0.6 is 0 Å². The minimum Gasteiger partial charge on any atom is -0.388 e. The van der Waals surface area contributed by atoms with Crippen LogP contribution in [0.3, 0.4) is 0 Å². The summed E-state index contributed by atoms with van der Waals surface area (Å²) in [5.41, 5.74) is 0. The molecule has 1 rings (SSSR count). The van der Waals surface area contributed by atoms with Crippen LogP contribution in [-0.2, 0) is 9.47 Å². The Labute approximate surface area is 67.3 Å². The molecule has 1 heterocycles. The number of methoxy groups -OCH3 is 1. The Hall–Kier alpha value is -0.120. The van der Waals surface area contributed by atoms with E-state index in [9.17, 15) is 5.11 Å². The molecule has 0 radical (unpaired) electrons. The van der Waals surface area contributed by atoms with Gasteiger partial charge in [-0.15, -0.1) is 0 Å². The standard InChI is InChI=1S/C8H16O3/c1-5-4-11-8(10-3)7(9)6(5)2/h5-9H,4H2,1-3H3/t5-,6?,7+,8-/m0/s1. The molecule has 3 heteroatoms. The van der Waals surface area contributed by atoms with Crippen LogP contribution in [0.2, 0.25) is 0 Å². The molecule has 1 N–H and O–H groups in total. The first kappa shape index (κ1) is 8.97. The van der Waals surface area contributed by atoms with Gasteiger partial charge >= 0.3 is 0 Å². The third kappa shape index (κ3) is 1.72. The maximum absolute atomic E-state index is 9.56. The molecule has 1 fully saturated rings. The predicted octanol–water partition coefficient (Wildman–Crippen LogP) is 0.622. The lowest BCUT2D eigenvalue weighted by Gasteiger charge is -2.36. The minimum atomic E-state index is -0.483. The van der Waals surface area contributed by atoms with Crippen LogP contribution in [0.25, 0.3) is 0 Å². The first-order chi connectivity index (χ1) is 5.16.